The zero-order valence-corrected chi connectivity index (χ0v) is 17.0. The Balaban J connectivity index is 1.76. The Morgan fingerprint density at radius 2 is 1.97 bits per heavy atom. The summed E-state index contributed by atoms with van der Waals surface area (Å²) in [5, 5.41) is 27.3. The summed E-state index contributed by atoms with van der Waals surface area (Å²) in [6.45, 7) is 0.661. The molecule has 0 bridgehead atoms. The fourth-order valence-electron chi connectivity index (χ4n) is 4.24. The van der Waals surface area contributed by atoms with Gasteiger partial charge in [-0.15, -0.1) is 0 Å². The standard InChI is InChI=1S/C22H27N5O3/c23-26-25-19-7-9-21(22(15-19)27(29)30)24-12-10-18-14-16(11-13-28)6-8-20(18)17-4-2-1-3-5-17/h6-9,14-15,17,24,28H,1-5,10-13H2. The predicted octanol–water partition coefficient (Wildman–Crippen LogP) is 5.77. The summed E-state index contributed by atoms with van der Waals surface area (Å²) < 4.78 is 0. The first kappa shape index (κ1) is 21.6. The van der Waals surface area contributed by atoms with Crippen LogP contribution in [0.4, 0.5) is 17.1 Å². The van der Waals surface area contributed by atoms with Crippen molar-refractivity contribution in [2.75, 3.05) is 18.5 Å². The molecule has 2 aromatic rings. The average Bonchev–Trinajstić information content (AvgIpc) is 2.76. The first-order chi connectivity index (χ1) is 14.6. The Hall–Kier alpha value is -3.09. The quantitative estimate of drug-likeness (QED) is 0.179. The average molecular weight is 409 g/mol. The molecule has 2 aromatic carbocycles. The number of azide groups is 1. The zero-order chi connectivity index (χ0) is 21.3. The summed E-state index contributed by atoms with van der Waals surface area (Å²) in [7, 11) is 0. The third-order valence-corrected chi connectivity index (χ3v) is 5.70. The Morgan fingerprint density at radius 3 is 2.67 bits per heavy atom. The first-order valence-electron chi connectivity index (χ1n) is 10.4. The van der Waals surface area contributed by atoms with Crippen molar-refractivity contribution in [3.8, 4) is 0 Å². The number of nitro groups is 1. The van der Waals surface area contributed by atoms with Crippen molar-refractivity contribution in [1.29, 1.82) is 0 Å². The molecule has 1 fully saturated rings. The fraction of sp³-hybridized carbons (Fsp3) is 0.455. The molecule has 0 spiro atoms. The van der Waals surface area contributed by atoms with Crippen LogP contribution in [0.15, 0.2) is 41.5 Å². The van der Waals surface area contributed by atoms with Crippen molar-refractivity contribution in [1.82, 2.24) is 0 Å². The number of hydrogen-bond donors (Lipinski definition) is 2. The monoisotopic (exact) mass is 409 g/mol. The highest BCUT2D eigenvalue weighted by molar-refractivity contribution is 5.66. The fourth-order valence-corrected chi connectivity index (χ4v) is 4.24. The molecular weight excluding hydrogens is 382 g/mol. The lowest BCUT2D eigenvalue weighted by atomic mass is 9.81. The Labute approximate surface area is 175 Å². The number of nitrogens with one attached hydrogen (secondary N) is 1. The van der Waals surface area contributed by atoms with Crippen LogP contribution < -0.4 is 5.32 Å². The van der Waals surface area contributed by atoms with Gasteiger partial charge in [-0.2, -0.15) is 0 Å². The second-order valence-electron chi connectivity index (χ2n) is 7.67. The minimum atomic E-state index is -0.478. The minimum Gasteiger partial charge on any atom is -0.396 e. The minimum absolute atomic E-state index is 0.110. The molecule has 0 amide bonds. The largest absolute Gasteiger partial charge is 0.396 e. The maximum absolute atomic E-state index is 11.4. The molecule has 3 rings (SSSR count). The van der Waals surface area contributed by atoms with Crippen LogP contribution in [0.2, 0.25) is 0 Å². The number of hydrogen-bond acceptors (Lipinski definition) is 5. The van der Waals surface area contributed by atoms with Crippen LogP contribution >= 0.6 is 0 Å². The molecule has 0 unspecified atom stereocenters. The van der Waals surface area contributed by atoms with Crippen LogP contribution in [0.3, 0.4) is 0 Å². The van der Waals surface area contributed by atoms with Gasteiger partial charge in [-0.1, -0.05) is 48.6 Å². The molecule has 0 aromatic heterocycles. The van der Waals surface area contributed by atoms with E-state index >= 15 is 0 Å². The number of nitrogens with zero attached hydrogens (tertiary/aromatic N) is 4. The van der Waals surface area contributed by atoms with E-state index in [1.54, 1.807) is 12.1 Å². The van der Waals surface area contributed by atoms with E-state index in [1.807, 2.05) is 0 Å². The van der Waals surface area contributed by atoms with Crippen LogP contribution in [0, 0.1) is 10.1 Å². The van der Waals surface area contributed by atoms with E-state index in [0.29, 0.717) is 24.6 Å². The number of benzene rings is 2. The molecule has 0 aliphatic heterocycles. The van der Waals surface area contributed by atoms with E-state index < -0.39 is 4.92 Å². The maximum atomic E-state index is 11.4. The zero-order valence-electron chi connectivity index (χ0n) is 17.0. The number of rotatable bonds is 9. The normalized spacial score (nSPS) is 14.2. The van der Waals surface area contributed by atoms with Gasteiger partial charge in [0.05, 0.1) is 4.92 Å². The van der Waals surface area contributed by atoms with Crippen molar-refractivity contribution in [2.24, 2.45) is 5.11 Å². The van der Waals surface area contributed by atoms with Crippen LogP contribution in [0.5, 0.6) is 0 Å². The molecule has 0 atom stereocenters. The van der Waals surface area contributed by atoms with Gasteiger partial charge in [-0.25, -0.2) is 0 Å². The van der Waals surface area contributed by atoms with Gasteiger partial charge < -0.3 is 10.4 Å². The molecule has 0 radical (unpaired) electrons. The van der Waals surface area contributed by atoms with Crippen LogP contribution in [-0.4, -0.2) is 23.2 Å². The van der Waals surface area contributed by atoms with E-state index in [9.17, 15) is 15.2 Å². The molecule has 0 saturated heterocycles. The van der Waals surface area contributed by atoms with Crippen LogP contribution in [0.1, 0.15) is 54.7 Å². The SMILES string of the molecule is [N-]=[N+]=Nc1ccc(NCCc2cc(CCO)ccc2C2CCCCC2)c([N+](=O)[O-])c1. The van der Waals surface area contributed by atoms with Crippen molar-refractivity contribution in [3.05, 3.63) is 73.6 Å². The van der Waals surface area contributed by atoms with E-state index in [-0.39, 0.29) is 18.0 Å². The number of aliphatic hydroxyl groups excluding tert-OH is 1. The summed E-state index contributed by atoms with van der Waals surface area (Å²) in [6, 6.07) is 10.9. The molecule has 0 heterocycles. The van der Waals surface area contributed by atoms with Gasteiger partial charge in [0.15, 0.2) is 0 Å². The van der Waals surface area contributed by atoms with E-state index in [4.69, 9.17) is 5.53 Å². The van der Waals surface area contributed by atoms with Crippen molar-refractivity contribution < 1.29 is 10.0 Å². The second-order valence-corrected chi connectivity index (χ2v) is 7.67. The third kappa shape index (κ3) is 5.49. The summed E-state index contributed by atoms with van der Waals surface area (Å²) in [5.41, 5.74) is 12.8. The number of anilines is 1. The maximum Gasteiger partial charge on any atom is 0.292 e. The lowest BCUT2D eigenvalue weighted by Crippen LogP contribution is -2.12. The second kappa shape index (κ2) is 10.6. The summed E-state index contributed by atoms with van der Waals surface area (Å²) in [4.78, 5) is 13.6. The van der Waals surface area contributed by atoms with Crippen molar-refractivity contribution in [3.63, 3.8) is 0 Å². The highest BCUT2D eigenvalue weighted by atomic mass is 16.6. The van der Waals surface area contributed by atoms with Gasteiger partial charge >= 0.3 is 0 Å². The highest BCUT2D eigenvalue weighted by Crippen LogP contribution is 2.35. The van der Waals surface area contributed by atoms with Gasteiger partial charge in [0.1, 0.15) is 5.69 Å². The van der Waals surface area contributed by atoms with E-state index in [0.717, 1.165) is 12.0 Å². The Kier molecular flexibility index (Phi) is 7.65. The third-order valence-electron chi connectivity index (χ3n) is 5.70. The smallest absolute Gasteiger partial charge is 0.292 e. The molecule has 8 heteroatoms. The van der Waals surface area contributed by atoms with Gasteiger partial charge in [0.2, 0.25) is 0 Å². The lowest BCUT2D eigenvalue weighted by Gasteiger charge is -2.25. The van der Waals surface area contributed by atoms with E-state index in [2.05, 4.69) is 33.5 Å². The van der Waals surface area contributed by atoms with Gasteiger partial charge in [-0.05, 0) is 59.9 Å². The number of nitro benzene ring substituents is 1. The topological polar surface area (TPSA) is 124 Å². The molecule has 30 heavy (non-hydrogen) atoms. The van der Waals surface area contributed by atoms with Gasteiger partial charge in [-0.3, -0.25) is 10.1 Å². The van der Waals surface area contributed by atoms with Gasteiger partial charge in [0, 0.05) is 29.8 Å². The van der Waals surface area contributed by atoms with Crippen LogP contribution in [-0.2, 0) is 12.8 Å². The van der Waals surface area contributed by atoms with Crippen LogP contribution in [0.25, 0.3) is 10.4 Å². The lowest BCUT2D eigenvalue weighted by molar-refractivity contribution is -0.383. The number of aliphatic hydroxyl groups is 1. The molecule has 2 N–H and O–H groups in total. The summed E-state index contributed by atoms with van der Waals surface area (Å²) in [5.74, 6) is 0.564. The molecular formula is C22H27N5O3. The Morgan fingerprint density at radius 1 is 1.17 bits per heavy atom. The molecule has 1 saturated carbocycles. The Bertz CT molecular complexity index is 934. The summed E-state index contributed by atoms with van der Waals surface area (Å²) in [6.07, 6.45) is 7.57. The highest BCUT2D eigenvalue weighted by Gasteiger charge is 2.19. The van der Waals surface area contributed by atoms with E-state index in [1.165, 1.54) is 49.3 Å². The molecule has 158 valence electrons. The molecule has 8 nitrogen and oxygen atoms in total. The van der Waals surface area contributed by atoms with Crippen molar-refractivity contribution in [2.45, 2.75) is 50.9 Å². The predicted molar refractivity (Wildman–Crippen MR) is 117 cm³/mol. The van der Waals surface area contributed by atoms with Gasteiger partial charge in [0.25, 0.3) is 5.69 Å². The van der Waals surface area contributed by atoms with Crippen molar-refractivity contribution >= 4 is 17.1 Å². The molecule has 1 aliphatic rings. The first-order valence-corrected chi connectivity index (χ1v) is 10.4. The molecule has 1 aliphatic carbocycles. The summed E-state index contributed by atoms with van der Waals surface area (Å²) >= 11 is 0.